The van der Waals surface area contributed by atoms with Gasteiger partial charge in [-0.1, -0.05) is 89.0 Å². The van der Waals surface area contributed by atoms with Crippen molar-refractivity contribution in [1.29, 1.82) is 0 Å². The Morgan fingerprint density at radius 3 is 1.94 bits per heavy atom. The molecule has 10 amide bonds. The molecule has 0 radical (unpaired) electrons. The summed E-state index contributed by atoms with van der Waals surface area (Å²) in [6.45, 7) is 7.36. The zero-order valence-electron chi connectivity index (χ0n) is 48.4. The van der Waals surface area contributed by atoms with Gasteiger partial charge in [-0.2, -0.15) is 0 Å². The molecular weight excluding hydrogens is 1100 g/mol. The summed E-state index contributed by atoms with van der Waals surface area (Å²) >= 11 is 0. The number of aromatic nitrogens is 2. The second-order valence-electron chi connectivity index (χ2n) is 20.5. The Balaban J connectivity index is 2.10. The van der Waals surface area contributed by atoms with Gasteiger partial charge in [0.2, 0.25) is 47.3 Å². The van der Waals surface area contributed by atoms with Crippen LogP contribution in [0.2, 0.25) is 0 Å². The first-order chi connectivity index (χ1) is 39.9. The van der Waals surface area contributed by atoms with Gasteiger partial charge in [0.1, 0.15) is 59.5 Å². The minimum Gasteiger partial charge on any atom is -0.508 e. The average Bonchev–Trinajstić information content (AvgIpc) is 4.02. The van der Waals surface area contributed by atoms with Crippen LogP contribution < -0.4 is 53.6 Å². The van der Waals surface area contributed by atoms with Crippen LogP contribution in [0.5, 0.6) is 5.75 Å². The van der Waals surface area contributed by atoms with Crippen molar-refractivity contribution in [3.8, 4) is 5.75 Å². The molecule has 16 N–H and O–H groups in total. The summed E-state index contributed by atoms with van der Waals surface area (Å²) in [5, 5.41) is 63.7. The van der Waals surface area contributed by atoms with E-state index >= 15 is 0 Å². The lowest BCUT2D eigenvalue weighted by Gasteiger charge is -2.30. The van der Waals surface area contributed by atoms with Crippen molar-refractivity contribution >= 4 is 65.0 Å². The van der Waals surface area contributed by atoms with Crippen molar-refractivity contribution in [2.24, 2.45) is 5.73 Å². The number of imidazole rings is 1. The number of aliphatic hydroxyl groups is 3. The highest BCUT2D eigenvalue weighted by atomic mass is 16.5. The molecule has 2 aromatic rings. The van der Waals surface area contributed by atoms with Crippen molar-refractivity contribution in [3.63, 3.8) is 0 Å². The van der Waals surface area contributed by atoms with E-state index in [1.807, 2.05) is 0 Å². The number of hydrogen-bond donors (Lipinski definition) is 15. The van der Waals surface area contributed by atoms with E-state index < -0.39 is 169 Å². The molecule has 28 nitrogen and oxygen atoms in total. The lowest BCUT2D eigenvalue weighted by molar-refractivity contribution is -0.156. The Labute approximate surface area is 487 Å². The summed E-state index contributed by atoms with van der Waals surface area (Å²) < 4.78 is 5.75. The van der Waals surface area contributed by atoms with Crippen LogP contribution in [0.3, 0.4) is 0 Å². The third kappa shape index (κ3) is 24.7. The SMILES string of the molecule is C/C=C(/NC(=O)C[C@H](O)CCCCCCCCCCC)C(=O)N[C@@H]1C(=O)N[C@H]([C@@H](C)O)C(=O)N[C@H](Cc2ccc(O)cc2)C(=O)N/C(=C/C)C(=O)N[C@H](CCC(N)=O)C(=O)NCC(=O)N[C@@H]([C@@H](C)O)C(=O)N[C@@H](Cc2cnc[nH]2)C(=O)O[C@@H]1C. The lowest BCUT2D eigenvalue weighted by atomic mass is 10.0. The predicted octanol–water partition coefficient (Wildman–Crippen LogP) is -1.39. The number of esters is 1. The number of amides is 10. The van der Waals surface area contributed by atoms with E-state index in [0.717, 1.165) is 59.0 Å². The Kier molecular flexibility index (Phi) is 30.3. The van der Waals surface area contributed by atoms with E-state index in [1.165, 1.54) is 76.0 Å². The first-order valence-electron chi connectivity index (χ1n) is 28.2. The van der Waals surface area contributed by atoms with E-state index in [4.69, 9.17) is 10.5 Å². The maximum absolute atomic E-state index is 14.6. The third-order valence-corrected chi connectivity index (χ3v) is 13.5. The molecule has 84 heavy (non-hydrogen) atoms. The summed E-state index contributed by atoms with van der Waals surface area (Å²) in [5.41, 5.74) is 5.01. The highest BCUT2D eigenvalue weighted by Crippen LogP contribution is 2.16. The number of phenols is 1. The third-order valence-electron chi connectivity index (χ3n) is 13.5. The number of carbonyl (C=O) groups excluding carboxylic acids is 11. The molecule has 0 saturated carbocycles. The van der Waals surface area contributed by atoms with Crippen molar-refractivity contribution < 1.29 is 77.9 Å². The molecule has 3 rings (SSSR count). The fraction of sp³-hybridized carbons (Fsp3) is 0.571. The van der Waals surface area contributed by atoms with E-state index in [1.54, 1.807) is 0 Å². The molecule has 0 aliphatic carbocycles. The first-order valence-corrected chi connectivity index (χ1v) is 28.2. The number of rotatable bonds is 24. The van der Waals surface area contributed by atoms with Crippen molar-refractivity contribution in [3.05, 3.63) is 71.6 Å². The fourth-order valence-corrected chi connectivity index (χ4v) is 8.67. The van der Waals surface area contributed by atoms with Crippen LogP contribution in [-0.4, -0.2) is 163 Å². The quantitative estimate of drug-likeness (QED) is 0.0327. The minimum absolute atomic E-state index is 0.150. The largest absolute Gasteiger partial charge is 0.508 e. The molecule has 2 heterocycles. The van der Waals surface area contributed by atoms with Crippen LogP contribution in [0.25, 0.3) is 0 Å². The fourth-order valence-electron chi connectivity index (χ4n) is 8.67. The molecule has 1 fully saturated rings. The number of allylic oxidation sites excluding steroid dienone is 2. The molecule has 1 aromatic heterocycles. The van der Waals surface area contributed by atoms with Crippen molar-refractivity contribution in [2.75, 3.05) is 6.54 Å². The normalized spacial score (nSPS) is 22.8. The maximum Gasteiger partial charge on any atom is 0.329 e. The summed E-state index contributed by atoms with van der Waals surface area (Å²) in [4.78, 5) is 158. The maximum atomic E-state index is 14.6. The predicted molar refractivity (Wildman–Crippen MR) is 302 cm³/mol. The number of unbranched alkanes of at least 4 members (excludes halogenated alkanes) is 8. The van der Waals surface area contributed by atoms with Gasteiger partial charge in [-0.3, -0.25) is 47.9 Å². The number of carbonyl (C=O) groups is 11. The number of hydrogen-bond acceptors (Lipinski definition) is 17. The molecule has 1 aliphatic heterocycles. The van der Waals surface area contributed by atoms with Crippen LogP contribution >= 0.6 is 0 Å². The van der Waals surface area contributed by atoms with E-state index in [2.05, 4.69) is 64.7 Å². The molecule has 0 unspecified atom stereocenters. The smallest absolute Gasteiger partial charge is 0.329 e. The number of nitrogens with one attached hydrogen (secondary N) is 10. The minimum atomic E-state index is -2.02. The number of aliphatic hydroxyl groups excluding tert-OH is 3. The summed E-state index contributed by atoms with van der Waals surface area (Å²) in [6, 6.07) is -5.39. The van der Waals surface area contributed by atoms with Gasteiger partial charge >= 0.3 is 5.97 Å². The number of primary amides is 1. The Morgan fingerprint density at radius 1 is 0.762 bits per heavy atom. The molecule has 28 heteroatoms. The van der Waals surface area contributed by atoms with Gasteiger partial charge in [0, 0.05) is 31.2 Å². The molecule has 1 aromatic carbocycles. The molecule has 0 bridgehead atoms. The lowest BCUT2D eigenvalue weighted by Crippen LogP contribution is -2.62. The summed E-state index contributed by atoms with van der Waals surface area (Å²) in [5.74, 6) is -12.1. The van der Waals surface area contributed by atoms with Gasteiger partial charge in [0.15, 0.2) is 0 Å². The number of benzene rings is 1. The van der Waals surface area contributed by atoms with Gasteiger partial charge in [-0.15, -0.1) is 0 Å². The summed E-state index contributed by atoms with van der Waals surface area (Å²) in [7, 11) is 0. The topological polar surface area (TPSA) is 441 Å². The van der Waals surface area contributed by atoms with E-state index in [0.29, 0.717) is 18.4 Å². The second kappa shape index (κ2) is 36.4. The van der Waals surface area contributed by atoms with Crippen LogP contribution in [0.15, 0.2) is 60.3 Å². The summed E-state index contributed by atoms with van der Waals surface area (Å²) in [6.07, 6.45) is 6.30. The Morgan fingerprint density at radius 2 is 1.37 bits per heavy atom. The van der Waals surface area contributed by atoms with Gasteiger partial charge in [-0.05, 0) is 65.2 Å². The Hall–Kier alpha value is -8.24. The number of aromatic hydroxyl groups is 1. The zero-order valence-corrected chi connectivity index (χ0v) is 48.4. The molecular formula is C56H84N12O16. The van der Waals surface area contributed by atoms with Crippen LogP contribution in [-0.2, 0) is 70.3 Å². The standard InChI is InChI=1S/C56H84N12O16/c1-7-10-11-12-13-14-15-16-17-18-37(72)27-44(74)61-38(8-2)51(78)68-48-33(6)84-56(83)42(26-35-28-58-30-60-35)65-53(80)46(31(4)69)66-45(75)29-59-49(76)40(23-24-43(57)73)63-50(77)39(9-3)62-52(79)41(25-34-19-21-36(71)22-20-34)64-54(81)47(32(5)70)67-55(48)82/h8-9,19-22,28,30-33,37,40-42,46-48,69-72H,7,10-18,23-27,29H2,1-6H3,(H2,57,73)(H,58,60)(H,59,76)(H,61,74)(H,62,79)(H,63,77)(H,64,81)(H,65,80)(H,66,75)(H,67,82)(H,68,78)/b38-8+,39-9+/t31-,32-,33-,37-,40-,41-,42+,46+,47-,48+/m1/s1. The number of H-pyrrole nitrogens is 1. The average molecular weight is 1180 g/mol. The molecule has 1 saturated heterocycles. The monoisotopic (exact) mass is 1180 g/mol. The van der Waals surface area contributed by atoms with Crippen molar-refractivity contribution in [1.82, 2.24) is 57.8 Å². The number of nitrogens with zero attached hydrogens (tertiary/aromatic N) is 1. The molecule has 464 valence electrons. The second-order valence-corrected chi connectivity index (χ2v) is 20.5. The first kappa shape index (κ1) is 70.0. The highest BCUT2D eigenvalue weighted by Gasteiger charge is 2.39. The Bertz CT molecular complexity index is 2610. The number of ether oxygens (including phenoxy) is 1. The van der Waals surface area contributed by atoms with Crippen LogP contribution in [0.1, 0.15) is 136 Å². The number of nitrogens with two attached hydrogens (primary N) is 1. The highest BCUT2D eigenvalue weighted by molar-refractivity contribution is 6.03. The number of phenolic OH excluding ortho intramolecular Hbond substituents is 1. The van der Waals surface area contributed by atoms with Gasteiger partial charge < -0.3 is 83.7 Å². The van der Waals surface area contributed by atoms with Gasteiger partial charge in [0.25, 0.3) is 11.8 Å². The van der Waals surface area contributed by atoms with Gasteiger partial charge in [-0.25, -0.2) is 9.78 Å². The van der Waals surface area contributed by atoms with Crippen molar-refractivity contribution in [2.45, 2.75) is 199 Å². The molecule has 1 aliphatic rings. The van der Waals surface area contributed by atoms with E-state index in [9.17, 15) is 73.2 Å². The molecule has 0 spiro atoms. The molecule has 10 atom stereocenters. The van der Waals surface area contributed by atoms with Crippen LogP contribution in [0, 0.1) is 0 Å². The van der Waals surface area contributed by atoms with Crippen LogP contribution in [0.4, 0.5) is 0 Å². The zero-order chi connectivity index (χ0) is 62.5. The van der Waals surface area contributed by atoms with E-state index in [-0.39, 0.29) is 17.9 Å². The van der Waals surface area contributed by atoms with Gasteiger partial charge in [0.05, 0.1) is 37.6 Å². The number of cyclic esters (lactones) is 1. The number of aromatic amines is 1.